The van der Waals surface area contributed by atoms with Crippen molar-refractivity contribution in [2.24, 2.45) is 11.3 Å². The number of carboxylic acid groups (broad SMARTS) is 1. The number of hydrogen-bond acceptors (Lipinski definition) is 3. The molecule has 2 atom stereocenters. The lowest BCUT2D eigenvalue weighted by Crippen LogP contribution is -2.57. The Hall–Kier alpha value is -1.59. The van der Waals surface area contributed by atoms with Gasteiger partial charge < -0.3 is 15.1 Å². The van der Waals surface area contributed by atoms with Crippen LogP contribution in [0.25, 0.3) is 0 Å². The van der Waals surface area contributed by atoms with Crippen LogP contribution in [0.4, 0.5) is 0 Å². The highest BCUT2D eigenvalue weighted by Gasteiger charge is 2.49. The van der Waals surface area contributed by atoms with Crippen LogP contribution in [0, 0.1) is 11.3 Å². The second kappa shape index (κ2) is 7.53. The quantitative estimate of drug-likeness (QED) is 0.852. The van der Waals surface area contributed by atoms with E-state index in [9.17, 15) is 19.8 Å². The number of piperidine rings is 1. The van der Waals surface area contributed by atoms with E-state index in [1.165, 1.54) is 4.90 Å². The normalized spacial score (nSPS) is 24.2. The van der Waals surface area contributed by atoms with E-state index in [0.717, 1.165) is 0 Å². The Morgan fingerprint density at radius 1 is 1.42 bits per heavy atom. The zero-order valence-electron chi connectivity index (χ0n) is 14.0. The van der Waals surface area contributed by atoms with Gasteiger partial charge in [0, 0.05) is 23.7 Å². The van der Waals surface area contributed by atoms with Gasteiger partial charge in [-0.2, -0.15) is 0 Å². The molecule has 1 fully saturated rings. The van der Waals surface area contributed by atoms with Crippen molar-refractivity contribution in [1.29, 1.82) is 0 Å². The van der Waals surface area contributed by atoms with Gasteiger partial charge in [-0.25, -0.2) is 0 Å². The maximum Gasteiger partial charge on any atom is 0.314 e. The number of carbonyl (C=O) groups is 2. The first kappa shape index (κ1) is 18.7. The molecule has 1 aromatic carbocycles. The summed E-state index contributed by atoms with van der Waals surface area (Å²) in [5.74, 6) is -0.966. The fourth-order valence-corrected chi connectivity index (χ4v) is 3.36. The third-order valence-electron chi connectivity index (χ3n) is 4.74. The molecule has 0 aliphatic carbocycles. The van der Waals surface area contributed by atoms with E-state index in [0.29, 0.717) is 35.9 Å². The van der Waals surface area contributed by atoms with Gasteiger partial charge in [0.15, 0.2) is 0 Å². The van der Waals surface area contributed by atoms with Crippen LogP contribution in [0.3, 0.4) is 0 Å². The Morgan fingerprint density at radius 2 is 2.12 bits per heavy atom. The molecule has 0 aromatic heterocycles. The summed E-state index contributed by atoms with van der Waals surface area (Å²) in [5.41, 5.74) is -0.876. The summed E-state index contributed by atoms with van der Waals surface area (Å²) in [7, 11) is 0. The fourth-order valence-electron chi connectivity index (χ4n) is 3.17. The van der Waals surface area contributed by atoms with Crippen molar-refractivity contribution >= 4 is 23.5 Å². The van der Waals surface area contributed by atoms with E-state index in [-0.39, 0.29) is 18.9 Å². The van der Waals surface area contributed by atoms with Crippen molar-refractivity contribution in [3.8, 4) is 0 Å². The van der Waals surface area contributed by atoms with E-state index < -0.39 is 17.5 Å². The van der Waals surface area contributed by atoms with E-state index in [1.807, 2.05) is 13.8 Å². The highest BCUT2D eigenvalue weighted by atomic mass is 35.5. The maximum absolute atomic E-state index is 12.7. The summed E-state index contributed by atoms with van der Waals surface area (Å²) >= 11 is 5.94. The topological polar surface area (TPSA) is 77.8 Å². The first-order valence-corrected chi connectivity index (χ1v) is 8.60. The molecular weight excluding hydrogens is 330 g/mol. The Kier molecular flexibility index (Phi) is 5.88. The summed E-state index contributed by atoms with van der Waals surface area (Å²) in [6, 6.07) is 6.61. The predicted molar refractivity (Wildman–Crippen MR) is 92.1 cm³/mol. The van der Waals surface area contributed by atoms with Gasteiger partial charge in [-0.05, 0) is 43.4 Å². The first-order valence-electron chi connectivity index (χ1n) is 8.22. The van der Waals surface area contributed by atoms with Gasteiger partial charge in [0.05, 0.1) is 6.10 Å². The summed E-state index contributed by atoms with van der Waals surface area (Å²) in [6.45, 7) is 4.38. The van der Waals surface area contributed by atoms with Crippen molar-refractivity contribution < 1.29 is 19.8 Å². The molecule has 1 heterocycles. The van der Waals surface area contributed by atoms with Gasteiger partial charge >= 0.3 is 5.97 Å². The van der Waals surface area contributed by atoms with Gasteiger partial charge in [-0.3, -0.25) is 9.59 Å². The van der Waals surface area contributed by atoms with Crippen LogP contribution in [-0.2, 0) is 4.79 Å². The number of aliphatic carboxylic acids is 1. The molecule has 1 aliphatic heterocycles. The molecule has 6 heteroatoms. The molecule has 132 valence electrons. The van der Waals surface area contributed by atoms with Crippen LogP contribution in [0.15, 0.2) is 24.3 Å². The maximum atomic E-state index is 12.7. The minimum Gasteiger partial charge on any atom is -0.481 e. The fraction of sp³-hybridized carbons (Fsp3) is 0.556. The average Bonchev–Trinajstić information content (AvgIpc) is 2.53. The van der Waals surface area contributed by atoms with E-state index in [2.05, 4.69) is 0 Å². The number of hydrogen-bond donors (Lipinski definition) is 2. The summed E-state index contributed by atoms with van der Waals surface area (Å²) in [4.78, 5) is 26.2. The average molecular weight is 354 g/mol. The molecule has 1 saturated heterocycles. The van der Waals surface area contributed by atoms with Crippen molar-refractivity contribution in [2.45, 2.75) is 39.2 Å². The molecule has 2 N–H and O–H groups in total. The van der Waals surface area contributed by atoms with Crippen LogP contribution in [-0.4, -0.2) is 46.2 Å². The van der Waals surface area contributed by atoms with E-state index >= 15 is 0 Å². The molecule has 0 bridgehead atoms. The SMILES string of the molecule is CC(C)CC[C@@]1(C(=O)O)CN(C(=O)c2cccc(Cl)c2)CC[C@@H]1O. The Balaban J connectivity index is 2.24. The zero-order chi connectivity index (χ0) is 17.9. The zero-order valence-corrected chi connectivity index (χ0v) is 14.8. The number of rotatable bonds is 5. The molecule has 0 unspecified atom stereocenters. The number of nitrogens with zero attached hydrogens (tertiary/aromatic N) is 1. The van der Waals surface area contributed by atoms with Crippen molar-refractivity contribution in [3.05, 3.63) is 34.9 Å². The van der Waals surface area contributed by atoms with E-state index in [1.54, 1.807) is 24.3 Å². The molecule has 0 saturated carbocycles. The Bertz CT molecular complexity index is 619. The smallest absolute Gasteiger partial charge is 0.314 e. The third-order valence-corrected chi connectivity index (χ3v) is 4.97. The summed E-state index contributed by atoms with van der Waals surface area (Å²) in [5, 5.41) is 20.6. The van der Waals surface area contributed by atoms with Crippen LogP contribution in [0.2, 0.25) is 5.02 Å². The lowest BCUT2D eigenvalue weighted by molar-refractivity contribution is -0.163. The van der Waals surface area contributed by atoms with Crippen LogP contribution < -0.4 is 0 Å². The first-order chi connectivity index (χ1) is 11.3. The minimum atomic E-state index is -1.31. The number of carboxylic acids is 1. The van der Waals surface area contributed by atoms with Gasteiger partial charge in [0.2, 0.25) is 0 Å². The molecule has 0 spiro atoms. The number of aliphatic hydroxyl groups is 1. The number of halogens is 1. The molecule has 1 aromatic rings. The minimum absolute atomic E-state index is 0.0154. The summed E-state index contributed by atoms with van der Waals surface area (Å²) < 4.78 is 0. The highest BCUT2D eigenvalue weighted by molar-refractivity contribution is 6.30. The molecule has 1 aliphatic rings. The largest absolute Gasteiger partial charge is 0.481 e. The second-order valence-corrected chi connectivity index (χ2v) is 7.37. The standard InChI is InChI=1S/C18H24ClNO4/c1-12(2)6-8-18(17(23)24)11-20(9-7-15(18)21)16(22)13-4-3-5-14(19)10-13/h3-5,10,12,15,21H,6-9,11H2,1-2H3,(H,23,24)/t15-,18+/m0/s1. The monoisotopic (exact) mass is 353 g/mol. The third kappa shape index (κ3) is 3.90. The second-order valence-electron chi connectivity index (χ2n) is 6.94. The molecule has 5 nitrogen and oxygen atoms in total. The van der Waals surface area contributed by atoms with Gasteiger partial charge in [0.1, 0.15) is 5.41 Å². The van der Waals surface area contributed by atoms with Crippen LogP contribution in [0.5, 0.6) is 0 Å². The van der Waals surface area contributed by atoms with Crippen LogP contribution >= 0.6 is 11.6 Å². The molecular formula is C18H24ClNO4. The molecule has 1 amide bonds. The predicted octanol–water partition coefficient (Wildman–Crippen LogP) is 3.05. The number of likely N-dealkylation sites (tertiary alicyclic amines) is 1. The van der Waals surface area contributed by atoms with Crippen LogP contribution in [0.1, 0.15) is 43.5 Å². The number of aliphatic hydroxyl groups excluding tert-OH is 1. The Labute approximate surface area is 147 Å². The molecule has 0 radical (unpaired) electrons. The molecule has 2 rings (SSSR count). The summed E-state index contributed by atoms with van der Waals surface area (Å²) in [6.07, 6.45) is 0.344. The number of amides is 1. The van der Waals surface area contributed by atoms with Crippen molar-refractivity contribution in [2.75, 3.05) is 13.1 Å². The van der Waals surface area contributed by atoms with Gasteiger partial charge in [0.25, 0.3) is 5.91 Å². The Morgan fingerprint density at radius 3 is 2.71 bits per heavy atom. The van der Waals surface area contributed by atoms with E-state index in [4.69, 9.17) is 11.6 Å². The van der Waals surface area contributed by atoms with Gasteiger partial charge in [-0.15, -0.1) is 0 Å². The van der Waals surface area contributed by atoms with Crippen molar-refractivity contribution in [1.82, 2.24) is 4.90 Å². The highest BCUT2D eigenvalue weighted by Crippen LogP contribution is 2.37. The molecule has 24 heavy (non-hydrogen) atoms. The lowest BCUT2D eigenvalue weighted by atomic mass is 9.72. The number of carbonyl (C=O) groups excluding carboxylic acids is 1. The number of benzene rings is 1. The lowest BCUT2D eigenvalue weighted by Gasteiger charge is -2.43. The van der Waals surface area contributed by atoms with Gasteiger partial charge in [-0.1, -0.05) is 31.5 Å². The van der Waals surface area contributed by atoms with Crippen molar-refractivity contribution in [3.63, 3.8) is 0 Å².